The summed E-state index contributed by atoms with van der Waals surface area (Å²) in [5, 5.41) is 4.93. The Labute approximate surface area is 165 Å². The number of primary amides is 1. The highest BCUT2D eigenvalue weighted by Crippen LogP contribution is 2.31. The summed E-state index contributed by atoms with van der Waals surface area (Å²) in [5.41, 5.74) is 11.1. The van der Waals surface area contributed by atoms with Crippen LogP contribution in [0.1, 0.15) is 41.3 Å². The van der Waals surface area contributed by atoms with Crippen molar-refractivity contribution in [2.24, 2.45) is 5.73 Å². The average molecular weight is 371 g/mol. The van der Waals surface area contributed by atoms with Gasteiger partial charge >= 0.3 is 0 Å². The summed E-state index contributed by atoms with van der Waals surface area (Å²) >= 11 is 0. The van der Waals surface area contributed by atoms with Crippen LogP contribution in [0.5, 0.6) is 0 Å². The van der Waals surface area contributed by atoms with Crippen molar-refractivity contribution in [2.45, 2.75) is 31.7 Å². The molecule has 142 valence electrons. The molecule has 1 heterocycles. The second kappa shape index (κ2) is 8.36. The molecular weight excluding hydrogens is 346 g/mol. The van der Waals surface area contributed by atoms with Crippen molar-refractivity contribution < 1.29 is 4.79 Å². The lowest BCUT2D eigenvalue weighted by atomic mass is 9.90. The summed E-state index contributed by atoms with van der Waals surface area (Å²) in [6, 6.07) is 19.1. The molecule has 0 spiro atoms. The third-order valence-corrected chi connectivity index (χ3v) is 5.39. The summed E-state index contributed by atoms with van der Waals surface area (Å²) in [4.78, 5) is 15.9. The van der Waals surface area contributed by atoms with Crippen LogP contribution in [-0.4, -0.2) is 17.4 Å². The number of nitrogens with two attached hydrogens (primary N) is 1. The normalized spacial score (nSPS) is 16.4. The summed E-state index contributed by atoms with van der Waals surface area (Å²) in [7, 11) is 0. The van der Waals surface area contributed by atoms with Crippen LogP contribution in [0.3, 0.4) is 0 Å². The fourth-order valence-corrected chi connectivity index (χ4v) is 3.99. The largest absolute Gasteiger partial charge is 0.366 e. The topological polar surface area (TPSA) is 68.0 Å². The first-order chi connectivity index (χ1) is 13.7. The lowest BCUT2D eigenvalue weighted by Crippen LogP contribution is -2.27. The van der Waals surface area contributed by atoms with E-state index in [0.717, 1.165) is 43.3 Å². The minimum absolute atomic E-state index is 0.342. The van der Waals surface area contributed by atoms with Crippen molar-refractivity contribution in [1.29, 1.82) is 0 Å². The van der Waals surface area contributed by atoms with E-state index in [4.69, 9.17) is 10.7 Å². The number of hydrogen-bond donors (Lipinski definition) is 2. The van der Waals surface area contributed by atoms with Gasteiger partial charge in [-0.2, -0.15) is 0 Å². The Hall–Kier alpha value is -2.98. The molecule has 4 nitrogen and oxygen atoms in total. The van der Waals surface area contributed by atoms with Crippen LogP contribution in [-0.2, 0) is 17.6 Å². The van der Waals surface area contributed by atoms with Crippen LogP contribution in [0.25, 0.3) is 17.0 Å². The number of benzene rings is 2. The van der Waals surface area contributed by atoms with E-state index in [1.807, 2.05) is 24.3 Å². The number of aromatic nitrogens is 1. The molecule has 1 aliphatic carbocycles. The zero-order chi connectivity index (χ0) is 19.3. The van der Waals surface area contributed by atoms with E-state index < -0.39 is 5.91 Å². The minimum Gasteiger partial charge on any atom is -0.366 e. The molecule has 1 atom stereocenters. The van der Waals surface area contributed by atoms with Crippen LogP contribution in [0.15, 0.2) is 60.7 Å². The fraction of sp³-hybridized carbons (Fsp3) is 0.250. The average Bonchev–Trinajstić information content (AvgIpc) is 2.71. The molecule has 0 saturated heterocycles. The number of fused-ring (bicyclic) bond motifs is 2. The second-order valence-corrected chi connectivity index (χ2v) is 7.30. The monoisotopic (exact) mass is 371 g/mol. The number of aryl methyl sites for hydroxylation is 1. The van der Waals surface area contributed by atoms with Crippen molar-refractivity contribution in [2.75, 3.05) is 6.54 Å². The maximum absolute atomic E-state index is 11.0. The molecule has 28 heavy (non-hydrogen) atoms. The van der Waals surface area contributed by atoms with Crippen molar-refractivity contribution in [1.82, 2.24) is 10.3 Å². The van der Waals surface area contributed by atoms with Gasteiger partial charge in [0.05, 0.1) is 5.52 Å². The summed E-state index contributed by atoms with van der Waals surface area (Å²) in [6.45, 7) is 0.873. The molecule has 1 amide bonds. The van der Waals surface area contributed by atoms with Crippen LogP contribution in [0, 0.1) is 0 Å². The number of carbonyl (C=O) groups is 1. The fourth-order valence-electron chi connectivity index (χ4n) is 3.99. The molecule has 0 radical (unpaired) electrons. The molecule has 1 unspecified atom stereocenters. The maximum atomic E-state index is 11.0. The molecule has 1 aliphatic rings. The zero-order valence-electron chi connectivity index (χ0n) is 15.9. The number of nitrogens with one attached hydrogen (secondary N) is 1. The number of rotatable bonds is 6. The molecule has 3 N–H and O–H groups in total. The molecule has 4 heteroatoms. The highest BCUT2D eigenvalue weighted by molar-refractivity contribution is 5.90. The number of hydrogen-bond acceptors (Lipinski definition) is 3. The first-order valence-corrected chi connectivity index (χ1v) is 9.88. The molecule has 0 bridgehead atoms. The van der Waals surface area contributed by atoms with Crippen molar-refractivity contribution in [3.05, 3.63) is 83.1 Å². The summed E-state index contributed by atoms with van der Waals surface area (Å²) in [5.74, 6) is -0.425. The Balaban J connectivity index is 1.47. The van der Waals surface area contributed by atoms with Gasteiger partial charge in [0.25, 0.3) is 0 Å². The Morgan fingerprint density at radius 1 is 1.18 bits per heavy atom. The second-order valence-electron chi connectivity index (χ2n) is 7.30. The van der Waals surface area contributed by atoms with Crippen molar-refractivity contribution in [3.8, 4) is 0 Å². The van der Waals surface area contributed by atoms with E-state index >= 15 is 0 Å². The van der Waals surface area contributed by atoms with Gasteiger partial charge in [-0.15, -0.1) is 0 Å². The van der Waals surface area contributed by atoms with Gasteiger partial charge in [0, 0.05) is 23.2 Å². The third-order valence-electron chi connectivity index (χ3n) is 5.39. The van der Waals surface area contributed by atoms with E-state index in [1.165, 1.54) is 28.3 Å². The van der Waals surface area contributed by atoms with Gasteiger partial charge in [-0.1, -0.05) is 42.5 Å². The molecule has 0 saturated carbocycles. The van der Waals surface area contributed by atoms with E-state index in [0.29, 0.717) is 6.04 Å². The van der Waals surface area contributed by atoms with Gasteiger partial charge in [-0.05, 0) is 67.1 Å². The van der Waals surface area contributed by atoms with Crippen molar-refractivity contribution >= 4 is 22.9 Å². The van der Waals surface area contributed by atoms with Gasteiger partial charge in [0.1, 0.15) is 0 Å². The Morgan fingerprint density at radius 3 is 2.89 bits per heavy atom. The van der Waals surface area contributed by atoms with Gasteiger partial charge < -0.3 is 11.1 Å². The summed E-state index contributed by atoms with van der Waals surface area (Å²) in [6.07, 6.45) is 7.46. The molecule has 1 aromatic heterocycles. The van der Waals surface area contributed by atoms with Crippen LogP contribution >= 0.6 is 0 Å². The summed E-state index contributed by atoms with van der Waals surface area (Å²) < 4.78 is 0. The predicted molar refractivity (Wildman–Crippen MR) is 114 cm³/mol. The maximum Gasteiger partial charge on any atom is 0.241 e. The Bertz CT molecular complexity index is 1030. The number of carbonyl (C=O) groups excluding carboxylic acids is 1. The molecule has 0 aliphatic heterocycles. The number of pyridine rings is 1. The van der Waals surface area contributed by atoms with Crippen molar-refractivity contribution in [3.63, 3.8) is 0 Å². The molecule has 4 rings (SSSR count). The van der Waals surface area contributed by atoms with Gasteiger partial charge in [0.15, 0.2) is 0 Å². The Kier molecular flexibility index (Phi) is 5.49. The SMILES string of the molecule is NC(=O)/C=C/c1ccccc1CCNC1CCCc2nc3ccccc3cc21. The van der Waals surface area contributed by atoms with Crippen LogP contribution in [0.4, 0.5) is 0 Å². The lowest BCUT2D eigenvalue weighted by molar-refractivity contribution is -0.113. The first kappa shape index (κ1) is 18.4. The number of amides is 1. The quantitative estimate of drug-likeness (QED) is 0.645. The Morgan fingerprint density at radius 2 is 2.00 bits per heavy atom. The van der Waals surface area contributed by atoms with Gasteiger partial charge in [0.2, 0.25) is 5.91 Å². The highest BCUT2D eigenvalue weighted by Gasteiger charge is 2.21. The zero-order valence-corrected chi connectivity index (χ0v) is 15.9. The molecule has 2 aromatic carbocycles. The minimum atomic E-state index is -0.425. The predicted octanol–water partition coefficient (Wildman–Crippen LogP) is 3.94. The van der Waals surface area contributed by atoms with Crippen LogP contribution < -0.4 is 11.1 Å². The van der Waals surface area contributed by atoms with Gasteiger partial charge in [-0.25, -0.2) is 0 Å². The van der Waals surface area contributed by atoms with E-state index in [9.17, 15) is 4.79 Å². The first-order valence-electron chi connectivity index (χ1n) is 9.88. The van der Waals surface area contributed by atoms with Gasteiger partial charge in [-0.3, -0.25) is 9.78 Å². The number of para-hydroxylation sites is 1. The molecule has 0 fully saturated rings. The van der Waals surface area contributed by atoms with E-state index in [2.05, 4.69) is 35.6 Å². The molecular formula is C24H25N3O. The standard InChI is InChI=1S/C24H25N3O/c25-24(28)13-12-17-6-1-2-7-18(17)14-15-26-22-10-5-11-23-20(22)16-19-8-3-4-9-21(19)27-23/h1-4,6-9,12-13,16,22,26H,5,10-11,14-15H2,(H2,25,28)/b13-12+. The van der Waals surface area contributed by atoms with Crippen LogP contribution in [0.2, 0.25) is 0 Å². The smallest absolute Gasteiger partial charge is 0.241 e. The third kappa shape index (κ3) is 4.12. The lowest BCUT2D eigenvalue weighted by Gasteiger charge is -2.26. The highest BCUT2D eigenvalue weighted by atomic mass is 16.1. The molecule has 3 aromatic rings. The number of nitrogens with zero attached hydrogens (tertiary/aromatic N) is 1. The van der Waals surface area contributed by atoms with E-state index in [1.54, 1.807) is 6.08 Å². The van der Waals surface area contributed by atoms with E-state index in [-0.39, 0.29) is 0 Å².